The van der Waals surface area contributed by atoms with Crippen LogP contribution in [0.4, 0.5) is 4.79 Å². The van der Waals surface area contributed by atoms with E-state index in [0.29, 0.717) is 42.8 Å². The lowest BCUT2D eigenvalue weighted by molar-refractivity contribution is 0.0946. The highest BCUT2D eigenvalue weighted by atomic mass is 35.5. The van der Waals surface area contributed by atoms with Crippen LogP contribution < -0.4 is 10.6 Å². The van der Waals surface area contributed by atoms with Crippen molar-refractivity contribution in [3.05, 3.63) is 62.1 Å². The van der Waals surface area contributed by atoms with Crippen molar-refractivity contribution in [2.24, 2.45) is 0 Å². The Bertz CT molecular complexity index is 1040. The van der Waals surface area contributed by atoms with Crippen LogP contribution in [-0.2, 0) is 6.54 Å². The zero-order chi connectivity index (χ0) is 23.9. The van der Waals surface area contributed by atoms with Gasteiger partial charge in [0, 0.05) is 42.5 Å². The molecule has 6 nitrogen and oxygen atoms in total. The highest BCUT2D eigenvalue weighted by Gasteiger charge is 2.26. The third-order valence-electron chi connectivity index (χ3n) is 6.68. The number of rotatable bonds is 7. The van der Waals surface area contributed by atoms with Crippen LogP contribution >= 0.6 is 22.9 Å². The maximum atomic E-state index is 12.6. The van der Waals surface area contributed by atoms with E-state index in [4.69, 9.17) is 11.6 Å². The van der Waals surface area contributed by atoms with Gasteiger partial charge in [-0.25, -0.2) is 9.78 Å². The van der Waals surface area contributed by atoms with Crippen molar-refractivity contribution in [3.8, 4) is 0 Å². The Morgan fingerprint density at radius 3 is 2.76 bits per heavy atom. The van der Waals surface area contributed by atoms with E-state index in [9.17, 15) is 9.59 Å². The number of halogens is 1. The summed E-state index contributed by atoms with van der Waals surface area (Å²) in [4.78, 5) is 31.6. The molecule has 182 valence electrons. The Hall–Kier alpha value is -2.38. The molecular weight excluding hydrogens is 468 g/mol. The van der Waals surface area contributed by atoms with E-state index in [2.05, 4.69) is 21.7 Å². The molecule has 1 fully saturated rings. The Labute approximate surface area is 210 Å². The van der Waals surface area contributed by atoms with E-state index in [-0.39, 0.29) is 11.9 Å². The van der Waals surface area contributed by atoms with Gasteiger partial charge in [-0.05, 0) is 69.1 Å². The van der Waals surface area contributed by atoms with E-state index in [1.165, 1.54) is 42.6 Å². The quantitative estimate of drug-likeness (QED) is 0.471. The number of thiazole rings is 1. The first-order chi connectivity index (χ1) is 16.5. The predicted octanol–water partition coefficient (Wildman–Crippen LogP) is 5.81. The normalized spacial score (nSPS) is 16.8. The van der Waals surface area contributed by atoms with Gasteiger partial charge in [-0.3, -0.25) is 4.79 Å². The van der Waals surface area contributed by atoms with Gasteiger partial charge in [-0.15, -0.1) is 11.3 Å². The van der Waals surface area contributed by atoms with Gasteiger partial charge in [0.25, 0.3) is 5.91 Å². The summed E-state index contributed by atoms with van der Waals surface area (Å²) in [5.41, 5.74) is 3.91. The molecule has 0 saturated carbocycles. The minimum Gasteiger partial charge on any atom is -0.347 e. The number of nitrogens with one attached hydrogen (secondary N) is 2. The van der Waals surface area contributed by atoms with E-state index in [0.717, 1.165) is 35.4 Å². The summed E-state index contributed by atoms with van der Waals surface area (Å²) < 4.78 is 0. The van der Waals surface area contributed by atoms with Crippen molar-refractivity contribution in [2.45, 2.75) is 64.3 Å². The predicted molar refractivity (Wildman–Crippen MR) is 138 cm³/mol. The zero-order valence-electron chi connectivity index (χ0n) is 19.7. The molecule has 1 aromatic heterocycles. The number of urea groups is 1. The molecule has 1 saturated heterocycles. The van der Waals surface area contributed by atoms with E-state index < -0.39 is 0 Å². The molecular formula is C26H33ClN4O2S. The van der Waals surface area contributed by atoms with Gasteiger partial charge in [0.15, 0.2) is 0 Å². The fourth-order valence-electron chi connectivity index (χ4n) is 4.50. The molecule has 0 radical (unpaired) electrons. The summed E-state index contributed by atoms with van der Waals surface area (Å²) in [5.74, 6) is 0.114. The molecule has 1 aliphatic heterocycles. The SMILES string of the molecule is Cc1ccc(CNC(=O)c2csc(C3CCN(C(=O)NCCC4=CCCCC4)CC3)n2)cc1Cl. The van der Waals surface area contributed by atoms with Gasteiger partial charge in [0.1, 0.15) is 5.69 Å². The van der Waals surface area contributed by atoms with Crippen LogP contribution in [0.5, 0.6) is 0 Å². The van der Waals surface area contributed by atoms with Crippen LogP contribution in [0, 0.1) is 6.92 Å². The molecule has 34 heavy (non-hydrogen) atoms. The van der Waals surface area contributed by atoms with E-state index in [1.54, 1.807) is 0 Å². The lowest BCUT2D eigenvalue weighted by Gasteiger charge is -2.31. The van der Waals surface area contributed by atoms with Crippen molar-refractivity contribution in [1.29, 1.82) is 0 Å². The summed E-state index contributed by atoms with van der Waals surface area (Å²) >= 11 is 7.70. The van der Waals surface area contributed by atoms with Gasteiger partial charge in [-0.2, -0.15) is 0 Å². The van der Waals surface area contributed by atoms with Crippen LogP contribution in [0.2, 0.25) is 5.02 Å². The Morgan fingerprint density at radius 2 is 2.03 bits per heavy atom. The largest absolute Gasteiger partial charge is 0.347 e. The minimum atomic E-state index is -0.177. The highest BCUT2D eigenvalue weighted by Crippen LogP contribution is 2.30. The van der Waals surface area contributed by atoms with Gasteiger partial charge >= 0.3 is 6.03 Å². The molecule has 2 aromatic rings. The third-order valence-corrected chi connectivity index (χ3v) is 8.10. The number of likely N-dealkylation sites (tertiary alicyclic amines) is 1. The second-order valence-corrected chi connectivity index (χ2v) is 10.5. The molecule has 1 aliphatic carbocycles. The molecule has 0 spiro atoms. The number of carbonyl (C=O) groups is 2. The number of aromatic nitrogens is 1. The lowest BCUT2D eigenvalue weighted by Crippen LogP contribution is -2.44. The second kappa shape index (κ2) is 11.8. The van der Waals surface area contributed by atoms with Crippen LogP contribution in [0.25, 0.3) is 0 Å². The summed E-state index contributed by atoms with van der Waals surface area (Å²) in [7, 11) is 0. The number of aryl methyl sites for hydroxylation is 1. The van der Waals surface area contributed by atoms with Crippen molar-refractivity contribution >= 4 is 34.9 Å². The number of piperidine rings is 1. The number of hydrogen-bond donors (Lipinski definition) is 2. The van der Waals surface area contributed by atoms with Gasteiger partial charge in [0.2, 0.25) is 0 Å². The van der Waals surface area contributed by atoms with Crippen LogP contribution in [-0.4, -0.2) is 41.5 Å². The van der Waals surface area contributed by atoms with E-state index >= 15 is 0 Å². The first-order valence-corrected chi connectivity index (χ1v) is 13.4. The highest BCUT2D eigenvalue weighted by molar-refractivity contribution is 7.09. The molecule has 1 aromatic carbocycles. The molecule has 2 N–H and O–H groups in total. The number of hydrogen-bond acceptors (Lipinski definition) is 4. The van der Waals surface area contributed by atoms with Crippen molar-refractivity contribution in [3.63, 3.8) is 0 Å². The van der Waals surface area contributed by atoms with Crippen molar-refractivity contribution < 1.29 is 9.59 Å². The molecule has 8 heteroatoms. The standard InChI is InChI=1S/C26H33ClN4O2S/c1-18-7-8-20(15-22(18)27)16-29-24(32)23-17-34-25(30-23)21-10-13-31(14-11-21)26(33)28-12-9-19-5-3-2-4-6-19/h5,7-8,15,17,21H,2-4,6,9-14,16H2,1H3,(H,28,33)(H,29,32). The maximum Gasteiger partial charge on any atom is 0.317 e. The maximum absolute atomic E-state index is 12.6. The molecule has 0 unspecified atom stereocenters. The average molecular weight is 501 g/mol. The van der Waals surface area contributed by atoms with Gasteiger partial charge in [0.05, 0.1) is 5.01 Å². The number of benzene rings is 1. The fraction of sp³-hybridized carbons (Fsp3) is 0.500. The lowest BCUT2D eigenvalue weighted by atomic mass is 9.97. The number of allylic oxidation sites excluding steroid dienone is 1. The monoisotopic (exact) mass is 500 g/mol. The Kier molecular flexibility index (Phi) is 8.62. The first kappa shape index (κ1) is 24.7. The molecule has 2 aliphatic rings. The van der Waals surface area contributed by atoms with Crippen LogP contribution in [0.3, 0.4) is 0 Å². The average Bonchev–Trinajstić information content (AvgIpc) is 3.36. The summed E-state index contributed by atoms with van der Waals surface area (Å²) in [6, 6.07) is 5.82. The van der Waals surface area contributed by atoms with Gasteiger partial charge < -0.3 is 15.5 Å². The number of amides is 3. The molecule has 3 amide bonds. The minimum absolute atomic E-state index is 0.0327. The van der Waals surface area contributed by atoms with E-state index in [1.807, 2.05) is 35.4 Å². The Morgan fingerprint density at radius 1 is 1.21 bits per heavy atom. The van der Waals surface area contributed by atoms with Crippen molar-refractivity contribution in [1.82, 2.24) is 20.5 Å². The summed E-state index contributed by atoms with van der Waals surface area (Å²) in [6.07, 6.45) is 9.96. The Balaban J connectivity index is 1.20. The van der Waals surface area contributed by atoms with Gasteiger partial charge in [-0.1, -0.05) is 35.4 Å². The summed E-state index contributed by atoms with van der Waals surface area (Å²) in [6.45, 7) is 4.51. The number of nitrogens with zero attached hydrogens (tertiary/aromatic N) is 2. The molecule has 2 heterocycles. The topological polar surface area (TPSA) is 74.3 Å². The zero-order valence-corrected chi connectivity index (χ0v) is 21.3. The fourth-order valence-corrected chi connectivity index (χ4v) is 5.68. The smallest absolute Gasteiger partial charge is 0.317 e. The van der Waals surface area contributed by atoms with Crippen molar-refractivity contribution in [2.75, 3.05) is 19.6 Å². The molecule has 4 rings (SSSR count). The molecule has 0 bridgehead atoms. The first-order valence-electron chi connectivity index (χ1n) is 12.2. The van der Waals surface area contributed by atoms with Crippen LogP contribution in [0.15, 0.2) is 35.2 Å². The van der Waals surface area contributed by atoms with Crippen LogP contribution in [0.1, 0.15) is 77.5 Å². The summed E-state index contributed by atoms with van der Waals surface area (Å²) in [5, 5.41) is 9.51. The molecule has 0 atom stereocenters. The number of carbonyl (C=O) groups excluding carboxylic acids is 2. The third kappa shape index (κ3) is 6.60. The second-order valence-electron chi connectivity index (χ2n) is 9.19.